The van der Waals surface area contributed by atoms with E-state index in [2.05, 4.69) is 15.5 Å². The Morgan fingerprint density at radius 3 is 2.83 bits per heavy atom. The molecule has 2 heterocycles. The first-order valence-corrected chi connectivity index (χ1v) is 10.3. The molecule has 124 valence electrons. The second-order valence-electron chi connectivity index (χ2n) is 5.00. The van der Waals surface area contributed by atoms with Gasteiger partial charge in [0.25, 0.3) is 0 Å². The summed E-state index contributed by atoms with van der Waals surface area (Å²) in [4.78, 5) is 0. The number of nitrogens with one attached hydrogen (secondary N) is 1. The minimum Gasteiger partial charge on any atom is -0.495 e. The van der Waals surface area contributed by atoms with Gasteiger partial charge in [-0.15, -0.1) is 10.2 Å². The van der Waals surface area contributed by atoms with E-state index in [0.717, 1.165) is 5.69 Å². The second-order valence-corrected chi connectivity index (χ2v) is 9.62. The van der Waals surface area contributed by atoms with Gasteiger partial charge in [-0.3, -0.25) is 0 Å². The zero-order chi connectivity index (χ0) is 16.4. The molecule has 0 amide bonds. The standard InChI is InChI=1S/C13H15N3O4S3/c1-20-10-5-3-2-4-8(10)14-12-15-16-13(22-12)21-11-7-23(18,19)6-9(11)17/h2-5,9,11,17H,6-7H2,1H3,(H,14,15)/t9-,11-/m1/s1. The maximum atomic E-state index is 11.5. The highest BCUT2D eigenvalue weighted by Gasteiger charge is 2.37. The Hall–Kier alpha value is -1.36. The number of benzene rings is 1. The van der Waals surface area contributed by atoms with Crippen LogP contribution in [0.25, 0.3) is 0 Å². The summed E-state index contributed by atoms with van der Waals surface area (Å²) in [7, 11) is -1.57. The van der Waals surface area contributed by atoms with Gasteiger partial charge in [-0.05, 0) is 12.1 Å². The molecule has 10 heteroatoms. The van der Waals surface area contributed by atoms with E-state index in [1.54, 1.807) is 7.11 Å². The van der Waals surface area contributed by atoms with Crippen molar-refractivity contribution in [2.75, 3.05) is 23.9 Å². The quantitative estimate of drug-likeness (QED) is 0.814. The summed E-state index contributed by atoms with van der Waals surface area (Å²) < 4.78 is 28.9. The lowest BCUT2D eigenvalue weighted by atomic mass is 10.3. The SMILES string of the molecule is COc1ccccc1Nc1nnc(S[C@@H]2CS(=O)(=O)C[C@H]2O)s1. The van der Waals surface area contributed by atoms with Crippen molar-refractivity contribution in [1.29, 1.82) is 0 Å². The third kappa shape index (κ3) is 3.94. The number of aliphatic hydroxyl groups excluding tert-OH is 1. The predicted molar refractivity (Wildman–Crippen MR) is 90.5 cm³/mol. The summed E-state index contributed by atoms with van der Waals surface area (Å²) in [5, 5.41) is 21.2. The van der Waals surface area contributed by atoms with Crippen LogP contribution < -0.4 is 10.1 Å². The minimum atomic E-state index is -3.16. The van der Waals surface area contributed by atoms with Crippen LogP contribution in [0.2, 0.25) is 0 Å². The molecule has 0 bridgehead atoms. The van der Waals surface area contributed by atoms with Gasteiger partial charge < -0.3 is 15.2 Å². The van der Waals surface area contributed by atoms with E-state index in [1.165, 1.54) is 23.1 Å². The van der Waals surface area contributed by atoms with Crippen LogP contribution in [0.3, 0.4) is 0 Å². The van der Waals surface area contributed by atoms with Crippen molar-refractivity contribution < 1.29 is 18.3 Å². The summed E-state index contributed by atoms with van der Waals surface area (Å²) in [5.41, 5.74) is 0.770. The molecule has 1 fully saturated rings. The molecule has 2 atom stereocenters. The number of aromatic nitrogens is 2. The first-order chi connectivity index (χ1) is 11.0. The lowest BCUT2D eigenvalue weighted by Crippen LogP contribution is -2.19. The molecule has 0 saturated carbocycles. The van der Waals surface area contributed by atoms with Gasteiger partial charge in [-0.2, -0.15) is 0 Å². The van der Waals surface area contributed by atoms with Crippen molar-refractivity contribution in [2.24, 2.45) is 0 Å². The number of hydrogen-bond acceptors (Lipinski definition) is 9. The normalized spacial score (nSPS) is 22.9. The Bertz CT molecular complexity index is 793. The van der Waals surface area contributed by atoms with Crippen LogP contribution >= 0.6 is 23.1 Å². The van der Waals surface area contributed by atoms with Crippen molar-refractivity contribution in [1.82, 2.24) is 10.2 Å². The molecule has 0 spiro atoms. The van der Waals surface area contributed by atoms with Gasteiger partial charge in [0.1, 0.15) is 5.75 Å². The molecule has 2 N–H and O–H groups in total. The van der Waals surface area contributed by atoms with Crippen LogP contribution in [0.4, 0.5) is 10.8 Å². The lowest BCUT2D eigenvalue weighted by Gasteiger charge is -2.09. The predicted octanol–water partition coefficient (Wildman–Crippen LogP) is 1.54. The van der Waals surface area contributed by atoms with Gasteiger partial charge in [0.2, 0.25) is 5.13 Å². The van der Waals surface area contributed by atoms with E-state index in [0.29, 0.717) is 15.2 Å². The highest BCUT2D eigenvalue weighted by molar-refractivity contribution is 8.03. The van der Waals surface area contributed by atoms with Crippen LogP contribution in [0, 0.1) is 0 Å². The molecule has 0 unspecified atom stereocenters. The average molecular weight is 373 g/mol. The number of rotatable bonds is 5. The van der Waals surface area contributed by atoms with E-state index in [9.17, 15) is 13.5 Å². The summed E-state index contributed by atoms with van der Waals surface area (Å²) >= 11 is 2.55. The van der Waals surface area contributed by atoms with Crippen molar-refractivity contribution in [3.63, 3.8) is 0 Å². The molecule has 1 saturated heterocycles. The van der Waals surface area contributed by atoms with Gasteiger partial charge in [-0.1, -0.05) is 35.2 Å². The lowest BCUT2D eigenvalue weighted by molar-refractivity contribution is 0.207. The van der Waals surface area contributed by atoms with E-state index in [-0.39, 0.29) is 11.5 Å². The van der Waals surface area contributed by atoms with Crippen molar-refractivity contribution >= 4 is 43.8 Å². The molecule has 3 rings (SSSR count). The van der Waals surface area contributed by atoms with Crippen LogP contribution in [-0.4, -0.2) is 53.7 Å². The monoisotopic (exact) mass is 373 g/mol. The summed E-state index contributed by atoms with van der Waals surface area (Å²) in [6.07, 6.45) is -0.862. The van der Waals surface area contributed by atoms with E-state index in [4.69, 9.17) is 4.74 Å². The number of sulfone groups is 1. The Morgan fingerprint density at radius 1 is 1.35 bits per heavy atom. The number of para-hydroxylation sites is 2. The highest BCUT2D eigenvalue weighted by atomic mass is 32.2. The number of nitrogens with zero attached hydrogens (tertiary/aromatic N) is 2. The van der Waals surface area contributed by atoms with Gasteiger partial charge in [0, 0.05) is 0 Å². The van der Waals surface area contributed by atoms with E-state index in [1.807, 2.05) is 24.3 Å². The van der Waals surface area contributed by atoms with Crippen molar-refractivity contribution in [3.8, 4) is 5.75 Å². The Kier molecular flexibility index (Phi) is 4.76. The Labute approximate surface area is 142 Å². The molecule has 2 aromatic rings. The number of methoxy groups -OCH3 is 1. The number of hydrogen-bond donors (Lipinski definition) is 2. The Balaban J connectivity index is 1.69. The zero-order valence-corrected chi connectivity index (χ0v) is 14.6. The molecular formula is C13H15N3O4S3. The van der Waals surface area contributed by atoms with Gasteiger partial charge >= 0.3 is 0 Å². The average Bonchev–Trinajstić information content (AvgIpc) is 3.03. The number of ether oxygens (including phenoxy) is 1. The van der Waals surface area contributed by atoms with Crippen LogP contribution in [0.1, 0.15) is 0 Å². The minimum absolute atomic E-state index is 0.0340. The molecule has 0 aliphatic carbocycles. The number of aliphatic hydroxyl groups is 1. The molecule has 0 radical (unpaired) electrons. The molecule has 1 aromatic heterocycles. The fourth-order valence-corrected chi connectivity index (χ4v) is 6.73. The Morgan fingerprint density at radius 2 is 2.13 bits per heavy atom. The smallest absolute Gasteiger partial charge is 0.210 e. The molecular weight excluding hydrogens is 358 g/mol. The van der Waals surface area contributed by atoms with Crippen molar-refractivity contribution in [2.45, 2.75) is 15.7 Å². The first-order valence-electron chi connectivity index (χ1n) is 6.75. The fourth-order valence-electron chi connectivity index (χ4n) is 2.21. The summed E-state index contributed by atoms with van der Waals surface area (Å²) in [6, 6.07) is 7.44. The van der Waals surface area contributed by atoms with Gasteiger partial charge in [0.15, 0.2) is 14.2 Å². The molecule has 23 heavy (non-hydrogen) atoms. The molecule has 1 aliphatic heterocycles. The van der Waals surface area contributed by atoms with E-state index >= 15 is 0 Å². The summed E-state index contributed by atoms with van der Waals surface area (Å²) in [5.74, 6) is 0.470. The number of thioether (sulfide) groups is 1. The zero-order valence-electron chi connectivity index (χ0n) is 12.2. The summed E-state index contributed by atoms with van der Waals surface area (Å²) in [6.45, 7) is 0. The van der Waals surface area contributed by atoms with Crippen LogP contribution in [0.5, 0.6) is 5.75 Å². The van der Waals surface area contributed by atoms with Crippen molar-refractivity contribution in [3.05, 3.63) is 24.3 Å². The largest absolute Gasteiger partial charge is 0.495 e. The fraction of sp³-hybridized carbons (Fsp3) is 0.385. The van der Waals surface area contributed by atoms with E-state index < -0.39 is 21.2 Å². The van der Waals surface area contributed by atoms with Gasteiger partial charge in [-0.25, -0.2) is 8.42 Å². The molecule has 7 nitrogen and oxygen atoms in total. The molecule has 1 aliphatic rings. The number of anilines is 2. The highest BCUT2D eigenvalue weighted by Crippen LogP contribution is 2.36. The van der Waals surface area contributed by atoms with Crippen LogP contribution in [-0.2, 0) is 9.84 Å². The third-order valence-corrected chi connectivity index (χ3v) is 7.45. The topological polar surface area (TPSA) is 101 Å². The first kappa shape index (κ1) is 16.5. The maximum absolute atomic E-state index is 11.5. The maximum Gasteiger partial charge on any atom is 0.210 e. The van der Waals surface area contributed by atoms with Crippen LogP contribution in [0.15, 0.2) is 28.6 Å². The van der Waals surface area contributed by atoms with Gasteiger partial charge in [0.05, 0.1) is 35.7 Å². The molecule has 1 aromatic carbocycles. The second kappa shape index (κ2) is 6.63. The third-order valence-electron chi connectivity index (χ3n) is 3.28.